The Bertz CT molecular complexity index is 530. The molecule has 1 saturated heterocycles. The summed E-state index contributed by atoms with van der Waals surface area (Å²) in [4.78, 5) is 11.8. The molecule has 3 rings (SSSR count). The van der Waals surface area contributed by atoms with Crippen molar-refractivity contribution in [3.05, 3.63) is 41.0 Å². The van der Waals surface area contributed by atoms with Crippen LogP contribution in [-0.2, 0) is 11.2 Å². The van der Waals surface area contributed by atoms with Crippen LogP contribution in [0.2, 0.25) is 0 Å². The van der Waals surface area contributed by atoms with Crippen LogP contribution in [0.1, 0.15) is 41.3 Å². The molecule has 1 atom stereocenters. The third-order valence-corrected chi connectivity index (χ3v) is 4.21. The topological polar surface area (TPSA) is 42.9 Å². The van der Waals surface area contributed by atoms with Gasteiger partial charge in [-0.15, -0.1) is 0 Å². The lowest BCUT2D eigenvalue weighted by atomic mass is 9.94. The zero-order chi connectivity index (χ0) is 13.9. The lowest BCUT2D eigenvalue weighted by molar-refractivity contribution is -0.664. The van der Waals surface area contributed by atoms with E-state index in [0.717, 1.165) is 17.5 Å². The maximum atomic E-state index is 11.8. The molecule has 1 aromatic rings. The lowest BCUT2D eigenvalue weighted by Crippen LogP contribution is -2.86. The molecule has 1 aromatic carbocycles. The normalized spacial score (nSPS) is 23.6. The molecule has 0 aliphatic carbocycles. The van der Waals surface area contributed by atoms with Gasteiger partial charge in [-0.2, -0.15) is 0 Å². The smallest absolute Gasteiger partial charge is 0.338 e. The van der Waals surface area contributed by atoms with Gasteiger partial charge in [-0.25, -0.2) is 4.79 Å². The highest BCUT2D eigenvalue weighted by Crippen LogP contribution is 2.23. The van der Waals surface area contributed by atoms with Crippen LogP contribution in [0, 0.1) is 5.92 Å². The van der Waals surface area contributed by atoms with E-state index in [2.05, 4.69) is 23.5 Å². The van der Waals surface area contributed by atoms with Gasteiger partial charge in [-0.1, -0.05) is 24.3 Å². The Balaban J connectivity index is 1.76. The number of carbonyl (C=O) groups excluding carboxylic acids is 1. The Hall–Kier alpha value is -1.61. The van der Waals surface area contributed by atoms with Crippen molar-refractivity contribution in [2.75, 3.05) is 13.1 Å². The molecule has 3 heteroatoms. The van der Waals surface area contributed by atoms with Crippen molar-refractivity contribution in [1.82, 2.24) is 0 Å². The van der Waals surface area contributed by atoms with Crippen LogP contribution in [0.25, 0.3) is 6.08 Å². The van der Waals surface area contributed by atoms with Crippen molar-refractivity contribution in [2.45, 2.75) is 32.3 Å². The standard InChI is InChI=1S/C17H21NO2/c1-12-10-15-11-14(4-5-16(15)17(19)20-12)3-2-13-6-8-18-9-7-13/h2-5,11-13,18H,6-10H2,1H3/p+1/b3-2+. The number of ether oxygens (including phenoxy) is 1. The number of benzene rings is 1. The van der Waals surface area contributed by atoms with Crippen LogP contribution in [0.5, 0.6) is 0 Å². The fourth-order valence-corrected chi connectivity index (χ4v) is 3.08. The molecule has 2 heterocycles. The fourth-order valence-electron chi connectivity index (χ4n) is 3.08. The van der Waals surface area contributed by atoms with Crippen LogP contribution < -0.4 is 5.32 Å². The molecule has 3 nitrogen and oxygen atoms in total. The third-order valence-electron chi connectivity index (χ3n) is 4.21. The predicted molar refractivity (Wildman–Crippen MR) is 78.4 cm³/mol. The summed E-state index contributed by atoms with van der Waals surface area (Å²) in [5, 5.41) is 2.39. The first-order chi connectivity index (χ1) is 9.72. The highest BCUT2D eigenvalue weighted by atomic mass is 16.5. The summed E-state index contributed by atoms with van der Waals surface area (Å²) in [6.45, 7) is 4.42. The minimum absolute atomic E-state index is 0.0110. The summed E-state index contributed by atoms with van der Waals surface area (Å²) in [6, 6.07) is 6.05. The van der Waals surface area contributed by atoms with Crippen molar-refractivity contribution in [3.63, 3.8) is 0 Å². The number of cyclic esters (lactones) is 1. The van der Waals surface area contributed by atoms with E-state index in [1.807, 2.05) is 19.1 Å². The van der Waals surface area contributed by atoms with Gasteiger partial charge in [0.15, 0.2) is 0 Å². The van der Waals surface area contributed by atoms with Crippen molar-refractivity contribution in [1.29, 1.82) is 0 Å². The van der Waals surface area contributed by atoms with E-state index in [0.29, 0.717) is 5.92 Å². The molecule has 2 aliphatic rings. The Labute approximate surface area is 120 Å². The third kappa shape index (κ3) is 2.93. The zero-order valence-corrected chi connectivity index (χ0v) is 12.0. The van der Waals surface area contributed by atoms with Gasteiger partial charge in [0.2, 0.25) is 0 Å². The number of hydrogen-bond donors (Lipinski definition) is 1. The summed E-state index contributed by atoms with van der Waals surface area (Å²) >= 11 is 0. The molecular formula is C17H22NO2+. The molecule has 0 amide bonds. The monoisotopic (exact) mass is 272 g/mol. The number of allylic oxidation sites excluding steroid dienone is 1. The van der Waals surface area contributed by atoms with Crippen LogP contribution in [-0.4, -0.2) is 25.2 Å². The van der Waals surface area contributed by atoms with Crippen molar-refractivity contribution < 1.29 is 14.8 Å². The minimum Gasteiger partial charge on any atom is -0.459 e. The summed E-state index contributed by atoms with van der Waals surface area (Å²) in [5.74, 6) is 0.525. The van der Waals surface area contributed by atoms with Gasteiger partial charge in [0.1, 0.15) is 6.10 Å². The first kappa shape index (κ1) is 13.4. The maximum absolute atomic E-state index is 11.8. The SMILES string of the molecule is CC1Cc2cc(/C=C/C3CC[NH2+]CC3)ccc2C(=O)O1. The first-order valence-electron chi connectivity index (χ1n) is 7.56. The fraction of sp³-hybridized carbons (Fsp3) is 0.471. The lowest BCUT2D eigenvalue weighted by Gasteiger charge is -2.22. The Morgan fingerprint density at radius 1 is 1.30 bits per heavy atom. The van der Waals surface area contributed by atoms with E-state index in [-0.39, 0.29) is 12.1 Å². The first-order valence-corrected chi connectivity index (χ1v) is 7.56. The summed E-state index contributed by atoms with van der Waals surface area (Å²) in [7, 11) is 0. The number of esters is 1. The van der Waals surface area contributed by atoms with Crippen LogP contribution in [0.4, 0.5) is 0 Å². The van der Waals surface area contributed by atoms with Crippen LogP contribution >= 0.6 is 0 Å². The Morgan fingerprint density at radius 2 is 2.10 bits per heavy atom. The number of hydrogen-bond acceptors (Lipinski definition) is 2. The molecular weight excluding hydrogens is 250 g/mol. The quantitative estimate of drug-likeness (QED) is 0.834. The second-order valence-corrected chi connectivity index (χ2v) is 5.90. The summed E-state index contributed by atoms with van der Waals surface area (Å²) in [6.07, 6.45) is 7.89. The maximum Gasteiger partial charge on any atom is 0.338 e. The van der Waals surface area contributed by atoms with Gasteiger partial charge < -0.3 is 10.1 Å². The molecule has 106 valence electrons. The highest BCUT2D eigenvalue weighted by molar-refractivity contribution is 5.92. The molecule has 0 saturated carbocycles. The molecule has 0 spiro atoms. The number of piperidine rings is 1. The molecule has 0 radical (unpaired) electrons. The second kappa shape index (κ2) is 5.80. The van der Waals surface area contributed by atoms with Gasteiger partial charge in [0, 0.05) is 19.3 Å². The number of rotatable bonds is 2. The van der Waals surface area contributed by atoms with E-state index in [1.165, 1.54) is 31.5 Å². The van der Waals surface area contributed by atoms with Crippen molar-refractivity contribution >= 4 is 12.0 Å². The molecule has 1 unspecified atom stereocenters. The number of fused-ring (bicyclic) bond motifs is 1. The van der Waals surface area contributed by atoms with E-state index in [9.17, 15) is 4.79 Å². The average molecular weight is 272 g/mol. The molecule has 0 bridgehead atoms. The summed E-state index contributed by atoms with van der Waals surface area (Å²) < 4.78 is 5.25. The van der Waals surface area contributed by atoms with Gasteiger partial charge in [0.25, 0.3) is 0 Å². The molecule has 1 fully saturated rings. The summed E-state index contributed by atoms with van der Waals surface area (Å²) in [5.41, 5.74) is 3.04. The molecule has 2 aliphatic heterocycles. The van der Waals surface area contributed by atoms with Gasteiger partial charge in [0.05, 0.1) is 18.7 Å². The van der Waals surface area contributed by atoms with Gasteiger partial charge >= 0.3 is 5.97 Å². The Kier molecular flexibility index (Phi) is 3.88. The minimum atomic E-state index is -0.183. The van der Waals surface area contributed by atoms with Crippen molar-refractivity contribution in [2.24, 2.45) is 5.92 Å². The van der Waals surface area contributed by atoms with E-state index in [4.69, 9.17) is 4.74 Å². The second-order valence-electron chi connectivity index (χ2n) is 5.90. The molecule has 2 N–H and O–H groups in total. The number of carbonyl (C=O) groups is 1. The van der Waals surface area contributed by atoms with E-state index >= 15 is 0 Å². The number of nitrogens with two attached hydrogens (primary N) is 1. The van der Waals surface area contributed by atoms with Crippen LogP contribution in [0.15, 0.2) is 24.3 Å². The largest absolute Gasteiger partial charge is 0.459 e. The molecule has 0 aromatic heterocycles. The number of quaternary nitrogens is 1. The van der Waals surface area contributed by atoms with Gasteiger partial charge in [-0.3, -0.25) is 0 Å². The van der Waals surface area contributed by atoms with Crippen molar-refractivity contribution in [3.8, 4) is 0 Å². The highest BCUT2D eigenvalue weighted by Gasteiger charge is 2.23. The van der Waals surface area contributed by atoms with E-state index < -0.39 is 0 Å². The average Bonchev–Trinajstić information content (AvgIpc) is 2.45. The van der Waals surface area contributed by atoms with Crippen LogP contribution in [0.3, 0.4) is 0 Å². The zero-order valence-electron chi connectivity index (χ0n) is 12.0. The van der Waals surface area contributed by atoms with E-state index in [1.54, 1.807) is 0 Å². The Morgan fingerprint density at radius 3 is 2.90 bits per heavy atom. The molecule has 20 heavy (non-hydrogen) atoms. The predicted octanol–water partition coefficient (Wildman–Crippen LogP) is 1.77. The van der Waals surface area contributed by atoms with Gasteiger partial charge in [-0.05, 0) is 30.0 Å².